The quantitative estimate of drug-likeness (QED) is 0.591. The summed E-state index contributed by atoms with van der Waals surface area (Å²) in [5, 5.41) is -0.0192. The van der Waals surface area contributed by atoms with Gasteiger partial charge in [-0.05, 0) is 25.1 Å². The minimum Gasteiger partial charge on any atom is -0.382 e. The molecule has 10 heteroatoms. The van der Waals surface area contributed by atoms with Crippen molar-refractivity contribution in [2.75, 3.05) is 13.2 Å². The summed E-state index contributed by atoms with van der Waals surface area (Å²) in [6, 6.07) is 5.44. The molecule has 0 saturated carbocycles. The summed E-state index contributed by atoms with van der Waals surface area (Å²) >= 11 is 5.64. The number of rotatable bonds is 5. The van der Waals surface area contributed by atoms with Gasteiger partial charge in [0.05, 0.1) is 35.2 Å². The highest BCUT2D eigenvalue weighted by Gasteiger charge is 2.38. The summed E-state index contributed by atoms with van der Waals surface area (Å²) in [6.07, 6.45) is 1.44. The molecule has 0 atom stereocenters. The third-order valence-corrected chi connectivity index (χ3v) is 5.84. The average molecular weight is 401 g/mol. The van der Waals surface area contributed by atoms with Gasteiger partial charge >= 0.3 is 0 Å². The maximum Gasteiger partial charge on any atom is 0.242 e. The number of hydrogen-bond acceptors (Lipinski definition) is 4. The number of aryl methyl sites for hydroxylation is 1. The van der Waals surface area contributed by atoms with E-state index in [1.807, 2.05) is 0 Å². The molecule has 0 spiro atoms. The van der Waals surface area contributed by atoms with Crippen LogP contribution in [0.2, 0.25) is 5.02 Å². The first-order chi connectivity index (χ1) is 12.1. The monoisotopic (exact) mass is 400 g/mol. The molecule has 7 nitrogen and oxygen atoms in total. The molecule has 0 bridgehead atoms. The summed E-state index contributed by atoms with van der Waals surface area (Å²) in [5.41, 5.74) is 6.02. The third-order valence-electron chi connectivity index (χ3n) is 3.93. The average Bonchev–Trinajstić information content (AvgIpc) is 2.92. The molecule has 3 N–H and O–H groups in total. The van der Waals surface area contributed by atoms with E-state index in [0.29, 0.717) is 18.9 Å². The van der Waals surface area contributed by atoms with Crippen LogP contribution in [0, 0.1) is 5.82 Å². The van der Waals surface area contributed by atoms with Crippen molar-refractivity contribution < 1.29 is 17.5 Å². The molecule has 1 aliphatic heterocycles. The van der Waals surface area contributed by atoms with Gasteiger partial charge in [-0.3, -0.25) is 0 Å². The fourth-order valence-corrected chi connectivity index (χ4v) is 4.10. The molecule has 0 radical (unpaired) electrons. The number of ether oxygens (including phenoxy) is 1. The van der Waals surface area contributed by atoms with E-state index in [0.717, 1.165) is 6.07 Å². The molecule has 2 heterocycles. The predicted octanol–water partition coefficient (Wildman–Crippen LogP) is 1.92. The Balaban J connectivity index is 1.89. The number of nitrogens with two attached hydrogens (primary N) is 1. The topological polar surface area (TPSA) is 98.7 Å². The van der Waals surface area contributed by atoms with Gasteiger partial charge in [-0.25, -0.2) is 22.5 Å². The molecule has 3 rings (SSSR count). The van der Waals surface area contributed by atoms with Gasteiger partial charge in [0.1, 0.15) is 16.5 Å². The second kappa shape index (κ2) is 6.66. The molecular formula is C16H18ClFN4O3S. The first-order valence-corrected chi connectivity index (χ1v) is 9.53. The fourth-order valence-electron chi connectivity index (χ4n) is 2.54. The van der Waals surface area contributed by atoms with E-state index >= 15 is 0 Å². The van der Waals surface area contributed by atoms with Gasteiger partial charge in [-0.15, -0.1) is 0 Å². The minimum absolute atomic E-state index is 0.0192. The van der Waals surface area contributed by atoms with Crippen molar-refractivity contribution in [3.8, 4) is 0 Å². The normalized spacial score (nSPS) is 17.2. The SMILES string of the molecule is Cn1cc(S(=O)(=O)NC2(C)COC2)cc1C(N)=Nc1ccc(Cl)c(F)c1. The van der Waals surface area contributed by atoms with Crippen LogP contribution < -0.4 is 10.5 Å². The molecule has 0 aliphatic carbocycles. The molecule has 1 aromatic carbocycles. The van der Waals surface area contributed by atoms with Crippen molar-refractivity contribution in [1.29, 1.82) is 0 Å². The minimum atomic E-state index is -3.74. The van der Waals surface area contributed by atoms with Crippen LogP contribution in [0.1, 0.15) is 12.6 Å². The van der Waals surface area contributed by atoms with Crippen LogP contribution in [0.15, 0.2) is 40.4 Å². The summed E-state index contributed by atoms with van der Waals surface area (Å²) in [7, 11) is -2.09. The van der Waals surface area contributed by atoms with E-state index in [1.165, 1.54) is 24.4 Å². The lowest BCUT2D eigenvalue weighted by Gasteiger charge is -2.38. The Hall–Kier alpha value is -1.94. The number of nitrogens with one attached hydrogen (secondary N) is 1. The summed E-state index contributed by atoms with van der Waals surface area (Å²) in [4.78, 5) is 4.19. The predicted molar refractivity (Wildman–Crippen MR) is 96.8 cm³/mol. The van der Waals surface area contributed by atoms with E-state index in [9.17, 15) is 12.8 Å². The van der Waals surface area contributed by atoms with Gasteiger partial charge in [-0.1, -0.05) is 11.6 Å². The van der Waals surface area contributed by atoms with Crippen molar-refractivity contribution in [2.24, 2.45) is 17.8 Å². The Kier molecular flexibility index (Phi) is 4.82. The first-order valence-electron chi connectivity index (χ1n) is 7.67. The van der Waals surface area contributed by atoms with Crippen molar-refractivity contribution >= 4 is 33.1 Å². The van der Waals surface area contributed by atoms with E-state index in [1.54, 1.807) is 18.5 Å². The highest BCUT2D eigenvalue weighted by molar-refractivity contribution is 7.89. The number of sulfonamides is 1. The Morgan fingerprint density at radius 3 is 2.69 bits per heavy atom. The Morgan fingerprint density at radius 1 is 1.42 bits per heavy atom. The fraction of sp³-hybridized carbons (Fsp3) is 0.312. The van der Waals surface area contributed by atoms with Crippen LogP contribution in [0.5, 0.6) is 0 Å². The number of aliphatic imine (C=N–C) groups is 1. The van der Waals surface area contributed by atoms with Gasteiger partial charge in [0.25, 0.3) is 0 Å². The summed E-state index contributed by atoms with van der Waals surface area (Å²) in [5.74, 6) is -0.565. The van der Waals surface area contributed by atoms with Crippen LogP contribution in [-0.4, -0.2) is 37.6 Å². The van der Waals surface area contributed by atoms with Gasteiger partial charge in [0, 0.05) is 19.3 Å². The number of nitrogens with zero attached hydrogens (tertiary/aromatic N) is 2. The lowest BCUT2D eigenvalue weighted by Crippen LogP contribution is -2.59. The van der Waals surface area contributed by atoms with Crippen LogP contribution >= 0.6 is 11.6 Å². The van der Waals surface area contributed by atoms with Gasteiger partial charge < -0.3 is 15.0 Å². The standard InChI is InChI=1S/C16H18ClFN4O3S/c1-16(8-25-9-16)21-26(23,24)11-6-14(22(2)7-11)15(19)20-10-3-4-12(17)13(18)5-10/h3-7,21H,8-9H2,1-2H3,(H2,19,20). The molecule has 0 amide bonds. The summed E-state index contributed by atoms with van der Waals surface area (Å²) in [6.45, 7) is 2.40. The number of hydrogen-bond donors (Lipinski definition) is 2. The van der Waals surface area contributed by atoms with Crippen LogP contribution in [-0.2, 0) is 21.8 Å². The Morgan fingerprint density at radius 2 is 2.12 bits per heavy atom. The van der Waals surface area contributed by atoms with E-state index in [-0.39, 0.29) is 21.4 Å². The zero-order valence-corrected chi connectivity index (χ0v) is 15.7. The lowest BCUT2D eigenvalue weighted by atomic mass is 10.0. The molecule has 1 aliphatic rings. The van der Waals surface area contributed by atoms with Crippen molar-refractivity contribution in [3.63, 3.8) is 0 Å². The van der Waals surface area contributed by atoms with E-state index in [2.05, 4.69) is 9.71 Å². The summed E-state index contributed by atoms with van der Waals surface area (Å²) < 4.78 is 47.8. The highest BCUT2D eigenvalue weighted by Crippen LogP contribution is 2.23. The second-order valence-corrected chi connectivity index (χ2v) is 8.52. The maximum atomic E-state index is 13.5. The van der Waals surface area contributed by atoms with Gasteiger partial charge in [0.15, 0.2) is 0 Å². The molecule has 1 fully saturated rings. The first kappa shape index (κ1) is 18.8. The Bertz CT molecular complexity index is 983. The van der Waals surface area contributed by atoms with Crippen molar-refractivity contribution in [2.45, 2.75) is 17.4 Å². The van der Waals surface area contributed by atoms with Gasteiger partial charge in [-0.2, -0.15) is 0 Å². The molecule has 2 aromatic rings. The second-order valence-electron chi connectivity index (χ2n) is 6.43. The largest absolute Gasteiger partial charge is 0.382 e. The van der Waals surface area contributed by atoms with E-state index < -0.39 is 21.4 Å². The molecule has 0 unspecified atom stereocenters. The smallest absolute Gasteiger partial charge is 0.242 e. The molecule has 26 heavy (non-hydrogen) atoms. The van der Waals surface area contributed by atoms with Crippen molar-refractivity contribution in [3.05, 3.63) is 47.0 Å². The molecular weight excluding hydrogens is 383 g/mol. The lowest BCUT2D eigenvalue weighted by molar-refractivity contribution is -0.0523. The van der Waals surface area contributed by atoms with Crippen LogP contribution in [0.25, 0.3) is 0 Å². The Labute approximate surface area is 155 Å². The molecule has 1 saturated heterocycles. The zero-order chi connectivity index (χ0) is 19.1. The van der Waals surface area contributed by atoms with E-state index in [4.69, 9.17) is 22.1 Å². The molecule has 140 valence electrons. The van der Waals surface area contributed by atoms with Crippen LogP contribution in [0.4, 0.5) is 10.1 Å². The maximum absolute atomic E-state index is 13.5. The number of halogens is 2. The van der Waals surface area contributed by atoms with Crippen molar-refractivity contribution in [1.82, 2.24) is 9.29 Å². The number of aromatic nitrogens is 1. The zero-order valence-electron chi connectivity index (χ0n) is 14.2. The molecule has 1 aromatic heterocycles. The van der Waals surface area contributed by atoms with Crippen LogP contribution in [0.3, 0.4) is 0 Å². The third kappa shape index (κ3) is 3.75. The van der Waals surface area contributed by atoms with Gasteiger partial charge in [0.2, 0.25) is 10.0 Å². The highest BCUT2D eigenvalue weighted by atomic mass is 35.5. The number of benzene rings is 1. The number of amidine groups is 1.